The maximum atomic E-state index is 13.2. The molecular formula is C24H26ClN3O. The summed E-state index contributed by atoms with van der Waals surface area (Å²) in [5.41, 5.74) is 4.61. The highest BCUT2D eigenvalue weighted by molar-refractivity contribution is 6.30. The van der Waals surface area contributed by atoms with Crippen LogP contribution in [0.2, 0.25) is 5.02 Å². The molecule has 0 spiro atoms. The van der Waals surface area contributed by atoms with E-state index >= 15 is 0 Å². The molecule has 2 heterocycles. The summed E-state index contributed by atoms with van der Waals surface area (Å²) in [6.07, 6.45) is 6.59. The lowest BCUT2D eigenvalue weighted by molar-refractivity contribution is -0.124. The van der Waals surface area contributed by atoms with Gasteiger partial charge >= 0.3 is 0 Å². The normalized spacial score (nSPS) is 22.4. The number of amides is 1. The fourth-order valence-electron chi connectivity index (χ4n) is 4.87. The van der Waals surface area contributed by atoms with Crippen LogP contribution in [0.3, 0.4) is 0 Å². The molecule has 1 aromatic heterocycles. The summed E-state index contributed by atoms with van der Waals surface area (Å²) in [4.78, 5) is 16.8. The second kappa shape index (κ2) is 7.85. The van der Waals surface area contributed by atoms with Crippen molar-refractivity contribution < 1.29 is 4.79 Å². The second-order valence-electron chi connectivity index (χ2n) is 8.31. The van der Waals surface area contributed by atoms with Crippen LogP contribution in [-0.2, 0) is 11.2 Å². The maximum absolute atomic E-state index is 13.2. The van der Waals surface area contributed by atoms with Crippen molar-refractivity contribution in [2.24, 2.45) is 0 Å². The third-order valence-corrected chi connectivity index (χ3v) is 6.63. The number of halogens is 1. The van der Waals surface area contributed by atoms with Gasteiger partial charge in [0.2, 0.25) is 5.91 Å². The molecule has 4 nitrogen and oxygen atoms in total. The predicted octanol–water partition coefficient (Wildman–Crippen LogP) is 4.87. The number of fused-ring (bicyclic) bond motifs is 3. The summed E-state index contributed by atoms with van der Waals surface area (Å²) in [5.74, 6) is 0.117. The Bertz CT molecular complexity index is 1020. The molecule has 3 aromatic rings. The lowest BCUT2D eigenvalue weighted by atomic mass is 9.89. The first kappa shape index (κ1) is 18.7. The van der Waals surface area contributed by atoms with Crippen molar-refractivity contribution in [1.82, 2.24) is 15.6 Å². The molecule has 0 bridgehead atoms. The van der Waals surface area contributed by atoms with Crippen molar-refractivity contribution in [3.8, 4) is 0 Å². The van der Waals surface area contributed by atoms with Gasteiger partial charge in [-0.15, -0.1) is 0 Å². The number of hydrogen-bond donors (Lipinski definition) is 3. The first-order valence-electron chi connectivity index (χ1n) is 10.6. The molecule has 2 atom stereocenters. The number of carbonyl (C=O) groups excluding carboxylic acids is 1. The van der Waals surface area contributed by atoms with E-state index in [1.165, 1.54) is 30.2 Å². The highest BCUT2D eigenvalue weighted by Crippen LogP contribution is 2.35. The number of hydrogen-bond acceptors (Lipinski definition) is 2. The van der Waals surface area contributed by atoms with Gasteiger partial charge in [0.05, 0.1) is 12.1 Å². The van der Waals surface area contributed by atoms with Crippen LogP contribution >= 0.6 is 11.6 Å². The zero-order valence-corrected chi connectivity index (χ0v) is 17.1. The highest BCUT2D eigenvalue weighted by Gasteiger charge is 2.34. The van der Waals surface area contributed by atoms with Crippen molar-refractivity contribution >= 4 is 28.4 Å². The Kier molecular flexibility index (Phi) is 5.06. The topological polar surface area (TPSA) is 56.9 Å². The molecule has 2 aromatic carbocycles. The molecule has 1 aliphatic carbocycles. The van der Waals surface area contributed by atoms with Gasteiger partial charge in [0.1, 0.15) is 0 Å². The number of carbonyl (C=O) groups is 1. The smallest absolute Gasteiger partial charge is 0.237 e. The van der Waals surface area contributed by atoms with Crippen LogP contribution in [0.5, 0.6) is 0 Å². The Morgan fingerprint density at radius 1 is 1.00 bits per heavy atom. The van der Waals surface area contributed by atoms with Crippen molar-refractivity contribution in [1.29, 1.82) is 0 Å². The third kappa shape index (κ3) is 3.67. The maximum Gasteiger partial charge on any atom is 0.237 e. The summed E-state index contributed by atoms with van der Waals surface area (Å²) >= 11 is 6.11. The fourth-order valence-corrected chi connectivity index (χ4v) is 5.00. The van der Waals surface area contributed by atoms with Gasteiger partial charge in [0.15, 0.2) is 0 Å². The number of para-hydroxylation sites is 1. The fraction of sp³-hybridized carbons (Fsp3) is 0.375. The average Bonchev–Trinajstić information content (AvgIpc) is 3.13. The Morgan fingerprint density at radius 3 is 2.55 bits per heavy atom. The van der Waals surface area contributed by atoms with Crippen molar-refractivity contribution in [3.05, 3.63) is 70.4 Å². The van der Waals surface area contributed by atoms with E-state index in [0.717, 1.165) is 29.6 Å². The van der Waals surface area contributed by atoms with Gasteiger partial charge in [-0.3, -0.25) is 10.1 Å². The second-order valence-corrected chi connectivity index (χ2v) is 8.75. The largest absolute Gasteiger partial charge is 0.357 e. The average molecular weight is 408 g/mol. The standard InChI is InChI=1S/C24H26ClN3O/c25-16-12-10-15(11-13-16)22-23-19(18-8-4-5-9-20(18)27-23)14-21(28-22)24(29)26-17-6-2-1-3-7-17/h4-5,8-13,17,21-22,27-28H,1-3,6-7,14H2,(H,26,29). The lowest BCUT2D eigenvalue weighted by Crippen LogP contribution is -2.52. The van der Waals surface area contributed by atoms with Gasteiger partial charge in [-0.2, -0.15) is 0 Å². The van der Waals surface area contributed by atoms with Crippen LogP contribution in [-0.4, -0.2) is 23.0 Å². The number of aromatic amines is 1. The SMILES string of the molecule is O=C(NC1CCCCC1)C1Cc2c([nH]c3ccccc23)C(c2ccc(Cl)cc2)N1. The molecule has 5 heteroatoms. The minimum absolute atomic E-state index is 0.0643. The zero-order chi connectivity index (χ0) is 19.8. The number of H-pyrrole nitrogens is 1. The summed E-state index contributed by atoms with van der Waals surface area (Å²) in [6, 6.07) is 16.3. The van der Waals surface area contributed by atoms with E-state index < -0.39 is 0 Å². The molecule has 1 saturated carbocycles. The first-order valence-corrected chi connectivity index (χ1v) is 11.0. The quantitative estimate of drug-likeness (QED) is 0.579. The Labute approximate surface area is 176 Å². The van der Waals surface area contributed by atoms with Gasteiger partial charge in [0, 0.05) is 27.7 Å². The number of benzene rings is 2. The first-order chi connectivity index (χ1) is 14.2. The van der Waals surface area contributed by atoms with Gasteiger partial charge < -0.3 is 10.3 Å². The third-order valence-electron chi connectivity index (χ3n) is 6.38. The van der Waals surface area contributed by atoms with Crippen molar-refractivity contribution in [2.45, 2.75) is 56.7 Å². The molecular weight excluding hydrogens is 382 g/mol. The van der Waals surface area contributed by atoms with E-state index in [1.807, 2.05) is 30.3 Å². The molecule has 150 valence electrons. The molecule has 0 saturated heterocycles. The van der Waals surface area contributed by atoms with Crippen molar-refractivity contribution in [2.75, 3.05) is 0 Å². The Morgan fingerprint density at radius 2 is 1.76 bits per heavy atom. The summed E-state index contributed by atoms with van der Waals surface area (Å²) < 4.78 is 0. The van der Waals surface area contributed by atoms with Gasteiger partial charge in [-0.25, -0.2) is 0 Å². The molecule has 1 aliphatic heterocycles. The van der Waals surface area contributed by atoms with Gasteiger partial charge in [0.25, 0.3) is 0 Å². The van der Waals surface area contributed by atoms with E-state index in [-0.39, 0.29) is 18.0 Å². The minimum Gasteiger partial charge on any atom is -0.357 e. The van der Waals surface area contributed by atoms with E-state index in [4.69, 9.17) is 11.6 Å². The van der Waals surface area contributed by atoms with Gasteiger partial charge in [-0.1, -0.05) is 61.2 Å². The number of aromatic nitrogens is 1. The minimum atomic E-state index is -0.246. The van der Waals surface area contributed by atoms with Crippen LogP contribution in [0, 0.1) is 0 Å². The molecule has 2 aliphatic rings. The molecule has 5 rings (SSSR count). The van der Waals surface area contributed by atoms with Crippen LogP contribution in [0.4, 0.5) is 0 Å². The highest BCUT2D eigenvalue weighted by atomic mass is 35.5. The van der Waals surface area contributed by atoms with E-state index in [1.54, 1.807) is 0 Å². The summed E-state index contributed by atoms with van der Waals surface area (Å²) in [5, 5.41) is 8.84. The van der Waals surface area contributed by atoms with Crippen LogP contribution < -0.4 is 10.6 Å². The van der Waals surface area contributed by atoms with Crippen LogP contribution in [0.15, 0.2) is 48.5 Å². The summed E-state index contributed by atoms with van der Waals surface area (Å²) in [6.45, 7) is 0. The molecule has 29 heavy (non-hydrogen) atoms. The molecule has 1 fully saturated rings. The molecule has 3 N–H and O–H groups in total. The van der Waals surface area contributed by atoms with Crippen LogP contribution in [0.1, 0.15) is 55.0 Å². The van der Waals surface area contributed by atoms with E-state index in [0.29, 0.717) is 17.5 Å². The number of nitrogens with one attached hydrogen (secondary N) is 3. The summed E-state index contributed by atoms with van der Waals surface area (Å²) in [7, 11) is 0. The van der Waals surface area contributed by atoms with Crippen molar-refractivity contribution in [3.63, 3.8) is 0 Å². The Hall–Kier alpha value is -2.30. The monoisotopic (exact) mass is 407 g/mol. The van der Waals surface area contributed by atoms with Crippen LogP contribution in [0.25, 0.3) is 10.9 Å². The van der Waals surface area contributed by atoms with E-state index in [2.05, 4.69) is 33.8 Å². The molecule has 0 radical (unpaired) electrons. The van der Waals surface area contributed by atoms with E-state index in [9.17, 15) is 4.79 Å². The predicted molar refractivity (Wildman–Crippen MR) is 117 cm³/mol. The lowest BCUT2D eigenvalue weighted by Gasteiger charge is -2.33. The number of rotatable bonds is 3. The zero-order valence-electron chi connectivity index (χ0n) is 16.4. The van der Waals surface area contributed by atoms with Gasteiger partial charge in [-0.05, 0) is 48.6 Å². The molecule has 2 unspecified atom stereocenters. The Balaban J connectivity index is 1.49. The molecule has 1 amide bonds.